The summed E-state index contributed by atoms with van der Waals surface area (Å²) in [4.78, 5) is 12.3. The van der Waals surface area contributed by atoms with Crippen LogP contribution in [0.1, 0.15) is 40.0 Å². The summed E-state index contributed by atoms with van der Waals surface area (Å²) >= 11 is 0. The van der Waals surface area contributed by atoms with Crippen LogP contribution in [0.3, 0.4) is 0 Å². The first-order chi connectivity index (χ1) is 15.1. The van der Waals surface area contributed by atoms with Crippen molar-refractivity contribution in [3.63, 3.8) is 0 Å². The molecule has 0 unspecified atom stereocenters. The summed E-state index contributed by atoms with van der Waals surface area (Å²) in [5.74, 6) is 1.42. The Hall–Kier alpha value is -2.78. The number of carbonyl (C=O) groups is 1. The van der Waals surface area contributed by atoms with Crippen LogP contribution in [0, 0.1) is 0 Å². The second kappa shape index (κ2) is 10.2. The van der Waals surface area contributed by atoms with Crippen LogP contribution in [-0.2, 0) is 14.8 Å². The highest BCUT2D eigenvalue weighted by Crippen LogP contribution is 2.31. The molecule has 0 saturated heterocycles. The molecule has 0 aliphatic carbocycles. The summed E-state index contributed by atoms with van der Waals surface area (Å²) in [5.41, 5.74) is 0.292. The third kappa shape index (κ3) is 7.13. The van der Waals surface area contributed by atoms with Crippen LogP contribution in [0.15, 0.2) is 47.4 Å². The van der Waals surface area contributed by atoms with E-state index in [1.807, 2.05) is 26.8 Å². The minimum absolute atomic E-state index is 0.0989. The van der Waals surface area contributed by atoms with Crippen LogP contribution in [0.5, 0.6) is 17.2 Å². The second-order valence-electron chi connectivity index (χ2n) is 8.45. The predicted molar refractivity (Wildman–Crippen MR) is 122 cm³/mol. The molecule has 9 heteroatoms. The molecule has 8 nitrogen and oxygen atoms in total. The van der Waals surface area contributed by atoms with Gasteiger partial charge >= 0.3 is 0 Å². The van der Waals surface area contributed by atoms with E-state index in [2.05, 4.69) is 10.0 Å². The molecule has 174 valence electrons. The lowest BCUT2D eigenvalue weighted by Crippen LogP contribution is -2.26. The first-order valence-electron chi connectivity index (χ1n) is 10.6. The molecule has 0 spiro atoms. The fraction of sp³-hybridized carbons (Fsp3) is 0.435. The van der Waals surface area contributed by atoms with Crippen LogP contribution in [0.2, 0.25) is 0 Å². The van der Waals surface area contributed by atoms with Crippen molar-refractivity contribution in [2.45, 2.75) is 50.5 Å². The van der Waals surface area contributed by atoms with Crippen molar-refractivity contribution in [2.75, 3.05) is 25.1 Å². The Morgan fingerprint density at radius 3 is 2.56 bits per heavy atom. The number of fused-ring (bicyclic) bond motifs is 1. The molecule has 0 saturated carbocycles. The molecule has 1 aliphatic heterocycles. The predicted octanol–water partition coefficient (Wildman–Crippen LogP) is 3.72. The van der Waals surface area contributed by atoms with E-state index in [9.17, 15) is 13.2 Å². The largest absolute Gasteiger partial charge is 0.490 e. The molecule has 3 rings (SSSR count). The third-order valence-corrected chi connectivity index (χ3v) is 5.90. The lowest BCUT2D eigenvalue weighted by molar-refractivity contribution is -0.116. The normalized spacial score (nSPS) is 13.8. The van der Waals surface area contributed by atoms with Gasteiger partial charge in [-0.05, 0) is 51.5 Å². The molecule has 2 N–H and O–H groups in total. The molecule has 2 aromatic rings. The van der Waals surface area contributed by atoms with Gasteiger partial charge in [0.05, 0.1) is 18.1 Å². The number of benzene rings is 2. The van der Waals surface area contributed by atoms with Crippen molar-refractivity contribution in [3.8, 4) is 17.2 Å². The van der Waals surface area contributed by atoms with E-state index in [4.69, 9.17) is 14.2 Å². The zero-order valence-electron chi connectivity index (χ0n) is 18.6. The molecular weight excluding hydrogens is 432 g/mol. The van der Waals surface area contributed by atoms with Crippen molar-refractivity contribution >= 4 is 21.6 Å². The Labute approximate surface area is 189 Å². The van der Waals surface area contributed by atoms with Gasteiger partial charge < -0.3 is 19.5 Å². The maximum Gasteiger partial charge on any atom is 0.240 e. The number of ether oxygens (including phenoxy) is 3. The van der Waals surface area contributed by atoms with E-state index in [1.54, 1.807) is 24.3 Å². The number of anilines is 1. The average molecular weight is 463 g/mol. The van der Waals surface area contributed by atoms with Crippen molar-refractivity contribution in [2.24, 2.45) is 0 Å². The van der Waals surface area contributed by atoms with Gasteiger partial charge in [-0.15, -0.1) is 0 Å². The standard InChI is InChI=1S/C23H30N2O6S/c1-23(2,3)31-18-8-4-7-17(15-18)25-22(26)9-5-12-24-32(27,28)19-10-11-20-21(16-19)30-14-6-13-29-20/h4,7-8,10-11,15-16,24H,5-6,9,12-14H2,1-3H3,(H,25,26). The van der Waals surface area contributed by atoms with E-state index in [-0.39, 0.29) is 29.4 Å². The number of rotatable bonds is 8. The highest BCUT2D eigenvalue weighted by Gasteiger charge is 2.18. The minimum atomic E-state index is -3.72. The average Bonchev–Trinajstić information content (AvgIpc) is 2.95. The Morgan fingerprint density at radius 2 is 1.81 bits per heavy atom. The van der Waals surface area contributed by atoms with Gasteiger partial charge in [0, 0.05) is 37.2 Å². The summed E-state index contributed by atoms with van der Waals surface area (Å²) in [6, 6.07) is 11.7. The number of sulfonamides is 1. The third-order valence-electron chi connectivity index (χ3n) is 4.44. The topological polar surface area (TPSA) is 103 Å². The summed E-state index contributed by atoms with van der Waals surface area (Å²) in [6.07, 6.45) is 1.27. The number of carbonyl (C=O) groups excluding carboxylic acids is 1. The van der Waals surface area contributed by atoms with Gasteiger partial charge in [0.15, 0.2) is 11.5 Å². The zero-order chi connectivity index (χ0) is 23.2. The maximum atomic E-state index is 12.6. The molecule has 0 bridgehead atoms. The van der Waals surface area contributed by atoms with E-state index in [0.717, 1.165) is 6.42 Å². The fourth-order valence-electron chi connectivity index (χ4n) is 3.06. The summed E-state index contributed by atoms with van der Waals surface area (Å²) in [5, 5.41) is 2.81. The van der Waals surface area contributed by atoms with Gasteiger partial charge in [0.1, 0.15) is 11.4 Å². The van der Waals surface area contributed by atoms with Crippen molar-refractivity contribution in [3.05, 3.63) is 42.5 Å². The molecular formula is C23H30N2O6S. The number of amides is 1. The molecule has 2 aromatic carbocycles. The van der Waals surface area contributed by atoms with Crippen LogP contribution >= 0.6 is 0 Å². The van der Waals surface area contributed by atoms with Gasteiger partial charge in [0.2, 0.25) is 15.9 Å². The van der Waals surface area contributed by atoms with Gasteiger partial charge in [-0.25, -0.2) is 13.1 Å². The Balaban J connectivity index is 1.48. The number of nitrogens with one attached hydrogen (secondary N) is 2. The van der Waals surface area contributed by atoms with E-state index < -0.39 is 10.0 Å². The van der Waals surface area contributed by atoms with Gasteiger partial charge in [-0.3, -0.25) is 4.79 Å². The number of hydrogen-bond acceptors (Lipinski definition) is 6. The minimum Gasteiger partial charge on any atom is -0.490 e. The zero-order valence-corrected chi connectivity index (χ0v) is 19.5. The molecule has 0 atom stereocenters. The Kier molecular flexibility index (Phi) is 7.63. The van der Waals surface area contributed by atoms with E-state index in [1.165, 1.54) is 12.1 Å². The molecule has 0 radical (unpaired) electrons. The van der Waals surface area contributed by atoms with Crippen LogP contribution in [-0.4, -0.2) is 39.7 Å². The summed E-state index contributed by atoms with van der Waals surface area (Å²) in [7, 11) is -3.72. The molecule has 1 aliphatic rings. The van der Waals surface area contributed by atoms with Crippen molar-refractivity contribution in [1.82, 2.24) is 4.72 Å². The number of hydrogen-bond donors (Lipinski definition) is 2. The maximum absolute atomic E-state index is 12.6. The summed E-state index contributed by atoms with van der Waals surface area (Å²) < 4.78 is 44.5. The van der Waals surface area contributed by atoms with Crippen LogP contribution in [0.4, 0.5) is 5.69 Å². The quantitative estimate of drug-likeness (QED) is 0.580. The van der Waals surface area contributed by atoms with Gasteiger partial charge in [-0.1, -0.05) is 6.07 Å². The van der Waals surface area contributed by atoms with Crippen molar-refractivity contribution < 1.29 is 27.4 Å². The first kappa shape index (κ1) is 23.9. The fourth-order valence-corrected chi connectivity index (χ4v) is 4.15. The molecule has 0 fully saturated rings. The molecule has 1 amide bonds. The van der Waals surface area contributed by atoms with Gasteiger partial charge in [-0.2, -0.15) is 0 Å². The molecule has 32 heavy (non-hydrogen) atoms. The highest BCUT2D eigenvalue weighted by atomic mass is 32.2. The van der Waals surface area contributed by atoms with Crippen LogP contribution in [0.25, 0.3) is 0 Å². The monoisotopic (exact) mass is 462 g/mol. The molecule has 0 aromatic heterocycles. The lowest BCUT2D eigenvalue weighted by atomic mass is 10.2. The summed E-state index contributed by atoms with van der Waals surface area (Å²) in [6.45, 7) is 7.00. The molecule has 1 heterocycles. The lowest BCUT2D eigenvalue weighted by Gasteiger charge is -2.21. The SMILES string of the molecule is CC(C)(C)Oc1cccc(NC(=O)CCCNS(=O)(=O)c2ccc3c(c2)OCCCO3)c1. The second-order valence-corrected chi connectivity index (χ2v) is 10.2. The Bertz CT molecular complexity index is 1050. The Morgan fingerprint density at radius 1 is 1.06 bits per heavy atom. The highest BCUT2D eigenvalue weighted by molar-refractivity contribution is 7.89. The van der Waals surface area contributed by atoms with E-state index in [0.29, 0.717) is 42.6 Å². The van der Waals surface area contributed by atoms with E-state index >= 15 is 0 Å². The van der Waals surface area contributed by atoms with Crippen LogP contribution < -0.4 is 24.2 Å². The smallest absolute Gasteiger partial charge is 0.240 e. The van der Waals surface area contributed by atoms with Gasteiger partial charge in [0.25, 0.3) is 0 Å². The first-order valence-corrected chi connectivity index (χ1v) is 12.1. The van der Waals surface area contributed by atoms with Crippen molar-refractivity contribution in [1.29, 1.82) is 0 Å².